The largest absolute Gasteiger partial charge is 0.508 e. The number of aromatic nitrogens is 2. The predicted molar refractivity (Wildman–Crippen MR) is 153 cm³/mol. The predicted octanol–water partition coefficient (Wildman–Crippen LogP) is 4.72. The van der Waals surface area contributed by atoms with E-state index in [2.05, 4.69) is 20.2 Å². The number of hydrogen-bond acceptors (Lipinski definition) is 8. The summed E-state index contributed by atoms with van der Waals surface area (Å²) in [6.07, 6.45) is 0. The van der Waals surface area contributed by atoms with Gasteiger partial charge in [-0.25, -0.2) is 8.42 Å². The average molecular weight is 556 g/mol. The molecule has 0 aliphatic heterocycles. The lowest BCUT2D eigenvalue weighted by Gasteiger charge is -2.14. The molecule has 0 bridgehead atoms. The fourth-order valence-electron chi connectivity index (χ4n) is 4.11. The number of rotatable bonds is 9. The number of amides is 1. The number of benzene rings is 4. The van der Waals surface area contributed by atoms with E-state index in [1.54, 1.807) is 43.3 Å². The highest BCUT2D eigenvalue weighted by Crippen LogP contribution is 2.33. The number of nitrogens with one attached hydrogen (secondary N) is 2. The molecule has 1 heterocycles. The lowest BCUT2D eigenvalue weighted by Crippen LogP contribution is -2.19. The molecule has 0 aliphatic rings. The first-order valence-electron chi connectivity index (χ1n) is 12.2. The summed E-state index contributed by atoms with van der Waals surface area (Å²) in [7, 11) is -3.93. The van der Waals surface area contributed by atoms with Crippen LogP contribution in [0.4, 0.5) is 17.2 Å². The van der Waals surface area contributed by atoms with Gasteiger partial charge >= 0.3 is 0 Å². The molecule has 0 radical (unpaired) electrons. The van der Waals surface area contributed by atoms with Crippen LogP contribution in [0.15, 0.2) is 95.9 Å². The molecule has 10 nitrogen and oxygen atoms in total. The van der Waals surface area contributed by atoms with E-state index in [-0.39, 0.29) is 17.3 Å². The number of aromatic hydroxyl groups is 1. The molecule has 202 valence electrons. The van der Waals surface area contributed by atoms with Gasteiger partial charge in [0.05, 0.1) is 4.90 Å². The Balaban J connectivity index is 1.47. The van der Waals surface area contributed by atoms with E-state index in [0.29, 0.717) is 34.1 Å². The lowest BCUT2D eigenvalue weighted by atomic mass is 10.0. The zero-order valence-electron chi connectivity index (χ0n) is 21.3. The third-order valence-electron chi connectivity index (χ3n) is 6.06. The Kier molecular flexibility index (Phi) is 7.21. The number of hydrogen-bond donors (Lipinski definition) is 4. The molecule has 5 rings (SSSR count). The van der Waals surface area contributed by atoms with Crippen LogP contribution in [-0.4, -0.2) is 36.2 Å². The molecule has 1 amide bonds. The first-order valence-corrected chi connectivity index (χ1v) is 13.6. The number of anilines is 3. The van der Waals surface area contributed by atoms with Crippen molar-refractivity contribution in [3.05, 3.63) is 96.6 Å². The van der Waals surface area contributed by atoms with Crippen molar-refractivity contribution in [1.82, 2.24) is 10.2 Å². The third-order valence-corrected chi connectivity index (χ3v) is 7.58. The standard InChI is InChI=1S/C29H25N5O5S/c1-18-6-7-19(16-26(18)40(37,38)34-21-8-12-22(35)13-9-21)28-24-4-2-3-5-25(24)29(33-32-28)31-20-10-14-23(15-11-20)39-17-27(30)36/h2-16,34-35H,17H2,1H3,(H2,30,36)(H,31,33). The van der Waals surface area contributed by atoms with Crippen LogP contribution in [0.25, 0.3) is 22.0 Å². The molecule has 5 N–H and O–H groups in total. The van der Waals surface area contributed by atoms with Crippen molar-refractivity contribution in [1.29, 1.82) is 0 Å². The van der Waals surface area contributed by atoms with Crippen LogP contribution in [0, 0.1) is 6.92 Å². The highest BCUT2D eigenvalue weighted by Gasteiger charge is 2.20. The van der Waals surface area contributed by atoms with Crippen LogP contribution in [0.1, 0.15) is 5.56 Å². The monoisotopic (exact) mass is 555 g/mol. The minimum Gasteiger partial charge on any atom is -0.508 e. The van der Waals surface area contributed by atoms with Crippen molar-refractivity contribution < 1.29 is 23.1 Å². The highest BCUT2D eigenvalue weighted by atomic mass is 32.2. The number of carbonyl (C=O) groups is 1. The van der Waals surface area contributed by atoms with E-state index in [0.717, 1.165) is 16.5 Å². The number of ether oxygens (including phenoxy) is 1. The minimum atomic E-state index is -3.93. The maximum atomic E-state index is 13.3. The number of nitrogens with zero attached hydrogens (tertiary/aromatic N) is 2. The van der Waals surface area contributed by atoms with Gasteiger partial charge in [-0.2, -0.15) is 0 Å². The van der Waals surface area contributed by atoms with E-state index < -0.39 is 15.9 Å². The number of primary amides is 1. The Morgan fingerprint density at radius 3 is 2.27 bits per heavy atom. The molecule has 4 aromatic carbocycles. The Morgan fingerprint density at radius 1 is 0.900 bits per heavy atom. The number of phenolic OH excluding ortho intramolecular Hbond substituents is 1. The van der Waals surface area contributed by atoms with Crippen LogP contribution in [0.2, 0.25) is 0 Å². The van der Waals surface area contributed by atoms with Crippen LogP contribution < -0.4 is 20.5 Å². The number of sulfonamides is 1. The van der Waals surface area contributed by atoms with Crippen molar-refractivity contribution >= 4 is 43.9 Å². The second kappa shape index (κ2) is 10.9. The molecule has 0 saturated carbocycles. The van der Waals surface area contributed by atoms with Gasteiger partial charge in [-0.1, -0.05) is 36.4 Å². The van der Waals surface area contributed by atoms with Crippen LogP contribution in [-0.2, 0) is 14.8 Å². The molecular weight excluding hydrogens is 530 g/mol. The maximum absolute atomic E-state index is 13.3. The summed E-state index contributed by atoms with van der Waals surface area (Å²) >= 11 is 0. The zero-order chi connectivity index (χ0) is 28.3. The van der Waals surface area contributed by atoms with E-state index in [1.807, 2.05) is 30.3 Å². The van der Waals surface area contributed by atoms with Crippen LogP contribution >= 0.6 is 0 Å². The van der Waals surface area contributed by atoms with Crippen LogP contribution in [0.3, 0.4) is 0 Å². The number of carbonyl (C=O) groups excluding carboxylic acids is 1. The van der Waals surface area contributed by atoms with Gasteiger partial charge in [0.1, 0.15) is 17.2 Å². The zero-order valence-corrected chi connectivity index (χ0v) is 22.1. The molecule has 0 atom stereocenters. The summed E-state index contributed by atoms with van der Waals surface area (Å²) in [5, 5.41) is 23.2. The smallest absolute Gasteiger partial charge is 0.262 e. The molecule has 0 spiro atoms. The molecule has 1 aromatic heterocycles. The normalized spacial score (nSPS) is 11.2. The summed E-state index contributed by atoms with van der Waals surface area (Å²) in [5.41, 5.74) is 7.85. The van der Waals surface area contributed by atoms with Gasteiger partial charge < -0.3 is 20.9 Å². The van der Waals surface area contributed by atoms with Gasteiger partial charge in [-0.3, -0.25) is 9.52 Å². The van der Waals surface area contributed by atoms with E-state index in [9.17, 15) is 18.3 Å². The van der Waals surface area contributed by atoms with Crippen molar-refractivity contribution in [2.24, 2.45) is 5.73 Å². The maximum Gasteiger partial charge on any atom is 0.262 e. The summed E-state index contributed by atoms with van der Waals surface area (Å²) in [5.74, 6) is 0.492. The summed E-state index contributed by atoms with van der Waals surface area (Å²) in [6, 6.07) is 25.4. The lowest BCUT2D eigenvalue weighted by molar-refractivity contribution is -0.119. The Labute approximate surface area is 230 Å². The molecular formula is C29H25N5O5S. The Morgan fingerprint density at radius 2 is 1.57 bits per heavy atom. The molecule has 40 heavy (non-hydrogen) atoms. The van der Waals surface area contributed by atoms with Gasteiger partial charge in [-0.15, -0.1) is 10.2 Å². The molecule has 5 aromatic rings. The second-order valence-corrected chi connectivity index (χ2v) is 10.6. The van der Waals surface area contributed by atoms with Crippen molar-refractivity contribution in [3.63, 3.8) is 0 Å². The number of nitrogens with two attached hydrogens (primary N) is 1. The summed E-state index contributed by atoms with van der Waals surface area (Å²) < 4.78 is 34.4. The molecule has 0 saturated heterocycles. The topological polar surface area (TPSA) is 157 Å². The average Bonchev–Trinajstić information content (AvgIpc) is 2.94. The SMILES string of the molecule is Cc1ccc(-c2nnc(Nc3ccc(OCC(N)=O)cc3)c3ccccc23)cc1S(=O)(=O)Nc1ccc(O)cc1. The molecule has 0 unspecified atom stereocenters. The fourth-order valence-corrected chi connectivity index (χ4v) is 5.44. The van der Waals surface area contributed by atoms with E-state index >= 15 is 0 Å². The molecule has 0 aliphatic carbocycles. The van der Waals surface area contributed by atoms with Gasteiger partial charge in [0.15, 0.2) is 12.4 Å². The minimum absolute atomic E-state index is 0.0377. The number of fused-ring (bicyclic) bond motifs is 1. The van der Waals surface area contributed by atoms with E-state index in [4.69, 9.17) is 10.5 Å². The van der Waals surface area contributed by atoms with Gasteiger partial charge in [0.25, 0.3) is 15.9 Å². The van der Waals surface area contributed by atoms with Gasteiger partial charge in [0, 0.05) is 27.7 Å². The summed E-state index contributed by atoms with van der Waals surface area (Å²) in [6.45, 7) is 1.51. The Bertz CT molecular complexity index is 1810. The molecule has 0 fully saturated rings. The van der Waals surface area contributed by atoms with Crippen molar-refractivity contribution in [2.75, 3.05) is 16.6 Å². The number of aryl methyl sites for hydroxylation is 1. The Hall–Kier alpha value is -5.16. The fraction of sp³-hybridized carbons (Fsp3) is 0.0690. The van der Waals surface area contributed by atoms with Gasteiger partial charge in [0.2, 0.25) is 0 Å². The van der Waals surface area contributed by atoms with Crippen molar-refractivity contribution in [3.8, 4) is 22.8 Å². The third kappa shape index (κ3) is 5.79. The van der Waals surface area contributed by atoms with Crippen LogP contribution in [0.5, 0.6) is 11.5 Å². The van der Waals surface area contributed by atoms with Gasteiger partial charge in [-0.05, 0) is 67.1 Å². The van der Waals surface area contributed by atoms with E-state index in [1.165, 1.54) is 24.3 Å². The second-order valence-electron chi connectivity index (χ2n) is 8.98. The first kappa shape index (κ1) is 26.4. The van der Waals surface area contributed by atoms with Crippen molar-refractivity contribution in [2.45, 2.75) is 11.8 Å². The highest BCUT2D eigenvalue weighted by molar-refractivity contribution is 7.92. The number of phenols is 1. The summed E-state index contributed by atoms with van der Waals surface area (Å²) in [4.78, 5) is 11.0. The quantitative estimate of drug-likeness (QED) is 0.190. The molecule has 11 heteroatoms. The first-order chi connectivity index (χ1) is 19.2.